The Balaban J connectivity index is 1.55. The molecule has 1 heterocycles. The Hall–Kier alpha value is -3.15. The number of nitrogens with one attached hydrogen (secondary N) is 2. The summed E-state index contributed by atoms with van der Waals surface area (Å²) >= 11 is 0. The second-order valence-corrected chi connectivity index (χ2v) is 7.49. The van der Waals surface area contributed by atoms with Gasteiger partial charge in [0.25, 0.3) is 5.56 Å². The molecule has 0 unspecified atom stereocenters. The highest BCUT2D eigenvalue weighted by Crippen LogP contribution is 2.40. The Labute approximate surface area is 162 Å². The summed E-state index contributed by atoms with van der Waals surface area (Å²) in [4.78, 5) is 39.2. The van der Waals surface area contributed by atoms with Crippen molar-refractivity contribution in [1.82, 2.24) is 14.9 Å². The molecule has 0 radical (unpaired) electrons. The van der Waals surface area contributed by atoms with Crippen molar-refractivity contribution >= 4 is 16.8 Å². The number of aromatic nitrogens is 2. The van der Waals surface area contributed by atoms with E-state index in [0.717, 1.165) is 25.7 Å². The van der Waals surface area contributed by atoms with Crippen molar-refractivity contribution < 1.29 is 4.79 Å². The standard InChI is InChI=1S/C22H23N3O3/c26-19(14-25-18-11-5-4-10-17(18)20(27)24-21(25)28)23-15-22(12-6-7-13-22)16-8-2-1-3-9-16/h1-5,8-11H,6-7,12-15H2,(H,23,26)(H,24,27,28). The summed E-state index contributed by atoms with van der Waals surface area (Å²) in [5, 5.41) is 3.42. The number of aromatic amines is 1. The fraction of sp³-hybridized carbons (Fsp3) is 0.318. The Bertz CT molecular complexity index is 1110. The summed E-state index contributed by atoms with van der Waals surface area (Å²) in [6.45, 7) is 0.423. The Kier molecular flexibility index (Phi) is 4.86. The van der Waals surface area contributed by atoms with Gasteiger partial charge in [-0.2, -0.15) is 0 Å². The van der Waals surface area contributed by atoms with Crippen LogP contribution >= 0.6 is 0 Å². The van der Waals surface area contributed by atoms with Gasteiger partial charge in [0.15, 0.2) is 0 Å². The van der Waals surface area contributed by atoms with E-state index < -0.39 is 11.2 Å². The van der Waals surface area contributed by atoms with Gasteiger partial charge in [0, 0.05) is 12.0 Å². The van der Waals surface area contributed by atoms with E-state index in [1.54, 1.807) is 24.3 Å². The average molecular weight is 377 g/mol. The van der Waals surface area contributed by atoms with Gasteiger partial charge in [-0.05, 0) is 30.5 Å². The maximum Gasteiger partial charge on any atom is 0.329 e. The molecule has 6 nitrogen and oxygen atoms in total. The number of carbonyl (C=O) groups excluding carboxylic acids is 1. The number of H-pyrrole nitrogens is 1. The molecular weight excluding hydrogens is 354 g/mol. The van der Waals surface area contributed by atoms with Gasteiger partial charge in [-0.15, -0.1) is 0 Å². The molecule has 1 aliphatic rings. The minimum absolute atomic E-state index is 0.0467. The van der Waals surface area contributed by atoms with Gasteiger partial charge in [-0.3, -0.25) is 19.1 Å². The smallest absolute Gasteiger partial charge is 0.329 e. The molecule has 28 heavy (non-hydrogen) atoms. The topological polar surface area (TPSA) is 84.0 Å². The molecule has 0 atom stereocenters. The van der Waals surface area contributed by atoms with Crippen LogP contribution in [0.5, 0.6) is 0 Å². The van der Waals surface area contributed by atoms with Crippen LogP contribution in [0.1, 0.15) is 31.2 Å². The average Bonchev–Trinajstić information content (AvgIpc) is 3.20. The van der Waals surface area contributed by atoms with E-state index in [2.05, 4.69) is 22.4 Å². The van der Waals surface area contributed by atoms with E-state index in [1.807, 2.05) is 18.2 Å². The van der Waals surface area contributed by atoms with E-state index >= 15 is 0 Å². The van der Waals surface area contributed by atoms with Crippen LogP contribution in [0.3, 0.4) is 0 Å². The van der Waals surface area contributed by atoms with E-state index in [0.29, 0.717) is 17.4 Å². The molecular formula is C22H23N3O3. The summed E-state index contributed by atoms with van der Waals surface area (Å²) < 4.78 is 1.32. The van der Waals surface area contributed by atoms with Crippen molar-refractivity contribution in [3.63, 3.8) is 0 Å². The Morgan fingerprint density at radius 3 is 2.43 bits per heavy atom. The molecule has 4 rings (SSSR count). The molecule has 144 valence electrons. The second-order valence-electron chi connectivity index (χ2n) is 7.49. The van der Waals surface area contributed by atoms with Crippen molar-refractivity contribution in [2.24, 2.45) is 0 Å². The van der Waals surface area contributed by atoms with Gasteiger partial charge in [-0.1, -0.05) is 55.3 Å². The van der Waals surface area contributed by atoms with Crippen LogP contribution in [-0.4, -0.2) is 22.0 Å². The molecule has 1 saturated carbocycles. The molecule has 6 heteroatoms. The molecule has 1 aromatic heterocycles. The third-order valence-corrected chi connectivity index (χ3v) is 5.78. The minimum Gasteiger partial charge on any atom is -0.354 e. The quantitative estimate of drug-likeness (QED) is 0.716. The molecule has 0 bridgehead atoms. The molecule has 1 fully saturated rings. The maximum atomic E-state index is 12.7. The fourth-order valence-corrected chi connectivity index (χ4v) is 4.28. The summed E-state index contributed by atoms with van der Waals surface area (Å²) in [6.07, 6.45) is 4.38. The highest BCUT2D eigenvalue weighted by atomic mass is 16.2. The number of carbonyl (C=O) groups is 1. The molecule has 0 aliphatic heterocycles. The fourth-order valence-electron chi connectivity index (χ4n) is 4.28. The molecule has 1 amide bonds. The highest BCUT2D eigenvalue weighted by molar-refractivity contribution is 5.81. The van der Waals surface area contributed by atoms with Gasteiger partial charge in [-0.25, -0.2) is 4.79 Å². The number of para-hydroxylation sites is 1. The van der Waals surface area contributed by atoms with E-state index in [1.165, 1.54) is 10.1 Å². The highest BCUT2D eigenvalue weighted by Gasteiger charge is 2.35. The summed E-state index contributed by atoms with van der Waals surface area (Å²) in [5.41, 5.74) is 0.655. The van der Waals surface area contributed by atoms with Gasteiger partial charge < -0.3 is 5.32 Å². The minimum atomic E-state index is -0.572. The monoisotopic (exact) mass is 377 g/mol. The first kappa shape index (κ1) is 18.2. The van der Waals surface area contributed by atoms with Crippen LogP contribution in [0.4, 0.5) is 0 Å². The third kappa shape index (κ3) is 3.38. The predicted octanol–water partition coefficient (Wildman–Crippen LogP) is 2.32. The number of rotatable bonds is 5. The Morgan fingerprint density at radius 2 is 1.68 bits per heavy atom. The normalized spacial score (nSPS) is 15.6. The zero-order valence-electron chi connectivity index (χ0n) is 15.6. The lowest BCUT2D eigenvalue weighted by Crippen LogP contribution is -2.42. The first-order valence-corrected chi connectivity index (χ1v) is 9.63. The first-order chi connectivity index (χ1) is 13.6. The SMILES string of the molecule is O=C(Cn1c(=O)[nH]c(=O)c2ccccc21)NCC1(c2ccccc2)CCCC1. The van der Waals surface area contributed by atoms with Crippen LogP contribution in [0.2, 0.25) is 0 Å². The summed E-state index contributed by atoms with van der Waals surface area (Å²) in [7, 11) is 0. The lowest BCUT2D eigenvalue weighted by molar-refractivity contribution is -0.121. The maximum absolute atomic E-state index is 12.7. The van der Waals surface area contributed by atoms with Crippen molar-refractivity contribution in [2.45, 2.75) is 37.6 Å². The lowest BCUT2D eigenvalue weighted by Gasteiger charge is -2.30. The molecule has 0 spiro atoms. The number of benzene rings is 2. The zero-order chi connectivity index (χ0) is 19.6. The van der Waals surface area contributed by atoms with Crippen molar-refractivity contribution in [3.05, 3.63) is 81.0 Å². The first-order valence-electron chi connectivity index (χ1n) is 9.63. The van der Waals surface area contributed by atoms with Crippen molar-refractivity contribution in [1.29, 1.82) is 0 Å². The number of hydrogen-bond acceptors (Lipinski definition) is 3. The third-order valence-electron chi connectivity index (χ3n) is 5.78. The van der Waals surface area contributed by atoms with E-state index in [9.17, 15) is 14.4 Å². The number of nitrogens with zero attached hydrogens (tertiary/aromatic N) is 1. The Morgan fingerprint density at radius 1 is 1.00 bits per heavy atom. The van der Waals surface area contributed by atoms with Crippen molar-refractivity contribution in [2.75, 3.05) is 6.54 Å². The predicted molar refractivity (Wildman–Crippen MR) is 108 cm³/mol. The van der Waals surface area contributed by atoms with Gasteiger partial charge in [0.1, 0.15) is 6.54 Å². The molecule has 3 aromatic rings. The number of fused-ring (bicyclic) bond motifs is 1. The largest absolute Gasteiger partial charge is 0.354 e. The van der Waals surface area contributed by atoms with Crippen molar-refractivity contribution in [3.8, 4) is 0 Å². The second kappa shape index (κ2) is 7.46. The molecule has 2 aromatic carbocycles. The van der Waals surface area contributed by atoms with Gasteiger partial charge in [0.2, 0.25) is 5.91 Å². The van der Waals surface area contributed by atoms with Crippen LogP contribution in [-0.2, 0) is 16.8 Å². The summed E-state index contributed by atoms with van der Waals surface area (Å²) in [5.74, 6) is -0.235. The van der Waals surface area contributed by atoms with Crippen LogP contribution < -0.4 is 16.6 Å². The van der Waals surface area contributed by atoms with Gasteiger partial charge in [0.05, 0.1) is 10.9 Å². The van der Waals surface area contributed by atoms with Gasteiger partial charge >= 0.3 is 5.69 Å². The number of amides is 1. The lowest BCUT2D eigenvalue weighted by atomic mass is 9.79. The van der Waals surface area contributed by atoms with Crippen LogP contribution in [0.15, 0.2) is 64.2 Å². The van der Waals surface area contributed by atoms with E-state index in [4.69, 9.17) is 0 Å². The number of hydrogen-bond donors (Lipinski definition) is 2. The molecule has 0 saturated heterocycles. The van der Waals surface area contributed by atoms with Crippen LogP contribution in [0.25, 0.3) is 10.9 Å². The summed E-state index contributed by atoms with van der Waals surface area (Å²) in [6, 6.07) is 17.1. The molecule has 1 aliphatic carbocycles. The molecule has 2 N–H and O–H groups in total. The van der Waals surface area contributed by atoms with Crippen LogP contribution in [0, 0.1) is 0 Å². The van der Waals surface area contributed by atoms with E-state index in [-0.39, 0.29) is 17.9 Å². The zero-order valence-corrected chi connectivity index (χ0v) is 15.6.